The van der Waals surface area contributed by atoms with Crippen molar-refractivity contribution in [3.8, 4) is 0 Å². The molecule has 0 spiro atoms. The Labute approximate surface area is 115 Å². The molecule has 0 fully saturated rings. The Kier molecular flexibility index (Phi) is 11.4. The van der Waals surface area contributed by atoms with Gasteiger partial charge in [-0.05, 0) is 23.9 Å². The number of rotatable bonds is 11. The van der Waals surface area contributed by atoms with Gasteiger partial charge in [0.1, 0.15) is 13.2 Å². The molecule has 0 aromatic rings. The minimum Gasteiger partial charge on any atom is -0.462 e. The average molecular weight is 284 g/mol. The Morgan fingerprint density at radius 1 is 0.850 bits per heavy atom. The second kappa shape index (κ2) is 13.0. The van der Waals surface area contributed by atoms with E-state index in [2.05, 4.69) is 20.1 Å². The number of carbonyl (C=O) groups excluding carboxylic acids is 2. The predicted octanol–water partition coefficient (Wildman–Crippen LogP) is 2.25. The van der Waals surface area contributed by atoms with Crippen molar-refractivity contribution in [2.24, 2.45) is 10.2 Å². The highest BCUT2D eigenvalue weighted by atomic mass is 16.6. The van der Waals surface area contributed by atoms with Gasteiger partial charge in [-0.15, -0.1) is 0 Å². The topological polar surface area (TPSA) is 150 Å². The van der Waals surface area contributed by atoms with E-state index in [1.165, 1.54) is 0 Å². The molecule has 0 amide bonds. The van der Waals surface area contributed by atoms with Crippen LogP contribution in [0.25, 0.3) is 20.9 Å². The lowest BCUT2D eigenvalue weighted by Gasteiger charge is -2.05. The third kappa shape index (κ3) is 12.0. The van der Waals surface area contributed by atoms with Gasteiger partial charge in [0.15, 0.2) is 0 Å². The van der Waals surface area contributed by atoms with E-state index >= 15 is 0 Å². The lowest BCUT2D eigenvalue weighted by Crippen LogP contribution is -2.14. The van der Waals surface area contributed by atoms with Crippen molar-refractivity contribution in [2.45, 2.75) is 25.7 Å². The molecule has 10 heteroatoms. The average Bonchev–Trinajstić information content (AvgIpc) is 2.44. The number of esters is 2. The highest BCUT2D eigenvalue weighted by Crippen LogP contribution is 1.96. The Morgan fingerprint density at radius 3 is 1.60 bits per heavy atom. The summed E-state index contributed by atoms with van der Waals surface area (Å²) in [4.78, 5) is 27.4. The smallest absolute Gasteiger partial charge is 0.305 e. The zero-order valence-electron chi connectivity index (χ0n) is 11.0. The molecule has 0 N–H and O–H groups in total. The van der Waals surface area contributed by atoms with Crippen LogP contribution < -0.4 is 0 Å². The van der Waals surface area contributed by atoms with E-state index in [9.17, 15) is 9.59 Å². The number of azide groups is 2. The fourth-order valence-electron chi connectivity index (χ4n) is 1.13. The summed E-state index contributed by atoms with van der Waals surface area (Å²) in [6.45, 7) is 0.461. The van der Waals surface area contributed by atoms with Crippen molar-refractivity contribution in [2.75, 3.05) is 26.3 Å². The van der Waals surface area contributed by atoms with Crippen molar-refractivity contribution in [3.63, 3.8) is 0 Å². The maximum Gasteiger partial charge on any atom is 0.305 e. The van der Waals surface area contributed by atoms with E-state index in [4.69, 9.17) is 20.5 Å². The Hall–Kier alpha value is -2.44. The van der Waals surface area contributed by atoms with Crippen LogP contribution >= 0.6 is 0 Å². The lowest BCUT2D eigenvalue weighted by atomic mass is 10.3. The Bertz CT molecular complexity index is 363. The van der Waals surface area contributed by atoms with Crippen molar-refractivity contribution < 1.29 is 19.1 Å². The third-order valence-corrected chi connectivity index (χ3v) is 2.01. The second-order valence-electron chi connectivity index (χ2n) is 3.56. The van der Waals surface area contributed by atoms with Gasteiger partial charge in [-0.2, -0.15) is 0 Å². The number of carbonyl (C=O) groups is 2. The number of nitrogens with zero attached hydrogens (tertiary/aromatic N) is 6. The lowest BCUT2D eigenvalue weighted by molar-refractivity contribution is -0.152. The largest absolute Gasteiger partial charge is 0.462 e. The molecule has 0 saturated carbocycles. The van der Waals surface area contributed by atoms with Gasteiger partial charge in [-0.1, -0.05) is 10.2 Å². The summed E-state index contributed by atoms with van der Waals surface area (Å²) in [5.41, 5.74) is 16.0. The van der Waals surface area contributed by atoms with Gasteiger partial charge in [0, 0.05) is 35.8 Å². The second-order valence-corrected chi connectivity index (χ2v) is 3.56. The molecule has 0 heterocycles. The van der Waals surface area contributed by atoms with Gasteiger partial charge in [-0.25, -0.2) is 0 Å². The minimum atomic E-state index is -0.433. The van der Waals surface area contributed by atoms with Crippen molar-refractivity contribution in [1.82, 2.24) is 0 Å². The van der Waals surface area contributed by atoms with Crippen molar-refractivity contribution >= 4 is 11.9 Å². The molecule has 0 aromatic carbocycles. The van der Waals surface area contributed by atoms with E-state index in [1.54, 1.807) is 0 Å². The quantitative estimate of drug-likeness (QED) is 0.188. The SMILES string of the molecule is [N-]=[N+]=NCCCC(=O)OCCOC(=O)CCCN=[N+]=[N-]. The van der Waals surface area contributed by atoms with Crippen LogP contribution in [0.4, 0.5) is 0 Å². The number of ether oxygens (including phenoxy) is 2. The summed E-state index contributed by atoms with van der Waals surface area (Å²) in [5.74, 6) is -0.866. The fourth-order valence-corrected chi connectivity index (χ4v) is 1.13. The van der Waals surface area contributed by atoms with Crippen LogP contribution in [0.15, 0.2) is 10.2 Å². The normalized spacial score (nSPS) is 9.00. The van der Waals surface area contributed by atoms with Crippen LogP contribution in [0.3, 0.4) is 0 Å². The molecule has 0 radical (unpaired) electrons. The first-order valence-electron chi connectivity index (χ1n) is 6.03. The monoisotopic (exact) mass is 284 g/mol. The van der Waals surface area contributed by atoms with Crippen LogP contribution in [-0.4, -0.2) is 38.2 Å². The molecule has 0 aliphatic carbocycles. The van der Waals surface area contributed by atoms with Crippen LogP contribution in [-0.2, 0) is 19.1 Å². The first-order chi connectivity index (χ1) is 9.70. The van der Waals surface area contributed by atoms with Crippen LogP contribution in [0.2, 0.25) is 0 Å². The van der Waals surface area contributed by atoms with Crippen molar-refractivity contribution in [1.29, 1.82) is 0 Å². The molecule has 0 unspecified atom stereocenters. The molecule has 20 heavy (non-hydrogen) atoms. The van der Waals surface area contributed by atoms with Gasteiger partial charge < -0.3 is 9.47 Å². The van der Waals surface area contributed by atoms with E-state index in [-0.39, 0.29) is 39.1 Å². The summed E-state index contributed by atoms with van der Waals surface area (Å²) < 4.78 is 9.60. The summed E-state index contributed by atoms with van der Waals surface area (Å²) >= 11 is 0. The molecule has 0 aromatic heterocycles. The van der Waals surface area contributed by atoms with Gasteiger partial charge >= 0.3 is 11.9 Å². The third-order valence-electron chi connectivity index (χ3n) is 2.01. The zero-order valence-corrected chi connectivity index (χ0v) is 11.0. The molecule has 0 saturated heterocycles. The fraction of sp³-hybridized carbons (Fsp3) is 0.800. The summed E-state index contributed by atoms with van der Waals surface area (Å²) in [6, 6.07) is 0. The first kappa shape index (κ1) is 17.6. The molecule has 0 rings (SSSR count). The maximum atomic E-state index is 11.2. The zero-order chi connectivity index (χ0) is 15.1. The summed E-state index contributed by atoms with van der Waals surface area (Å²) in [6.07, 6.45) is 1.14. The highest BCUT2D eigenvalue weighted by Gasteiger charge is 2.04. The Balaban J connectivity index is 3.45. The molecule has 0 atom stereocenters. The number of hydrogen-bond donors (Lipinski definition) is 0. The summed E-state index contributed by atoms with van der Waals surface area (Å²) in [7, 11) is 0. The van der Waals surface area contributed by atoms with Crippen LogP contribution in [0.1, 0.15) is 25.7 Å². The molecular formula is C10H16N6O4. The van der Waals surface area contributed by atoms with Gasteiger partial charge in [0.2, 0.25) is 0 Å². The standard InChI is InChI=1S/C10H16N6O4/c11-15-13-5-1-3-9(17)19-7-8-20-10(18)4-2-6-14-16-12/h1-8H2. The predicted molar refractivity (Wildman–Crippen MR) is 68.4 cm³/mol. The maximum absolute atomic E-state index is 11.2. The summed E-state index contributed by atoms with van der Waals surface area (Å²) in [5, 5.41) is 6.56. The van der Waals surface area contributed by atoms with E-state index in [0.29, 0.717) is 12.8 Å². The van der Waals surface area contributed by atoms with Crippen LogP contribution in [0, 0.1) is 0 Å². The molecule has 0 aliphatic heterocycles. The molecule has 0 aliphatic rings. The van der Waals surface area contributed by atoms with Gasteiger partial charge in [0.25, 0.3) is 0 Å². The minimum absolute atomic E-state index is 0.0115. The van der Waals surface area contributed by atoms with E-state index in [0.717, 1.165) is 0 Å². The van der Waals surface area contributed by atoms with E-state index < -0.39 is 11.9 Å². The first-order valence-corrected chi connectivity index (χ1v) is 6.03. The van der Waals surface area contributed by atoms with Crippen LogP contribution in [0.5, 0.6) is 0 Å². The molecule has 110 valence electrons. The molecule has 10 nitrogen and oxygen atoms in total. The van der Waals surface area contributed by atoms with Gasteiger partial charge in [0.05, 0.1) is 0 Å². The molecular weight excluding hydrogens is 268 g/mol. The van der Waals surface area contributed by atoms with Crippen molar-refractivity contribution in [3.05, 3.63) is 20.9 Å². The molecule has 0 bridgehead atoms. The highest BCUT2D eigenvalue weighted by molar-refractivity contribution is 5.70. The van der Waals surface area contributed by atoms with Gasteiger partial charge in [-0.3, -0.25) is 9.59 Å². The van der Waals surface area contributed by atoms with E-state index in [1.807, 2.05) is 0 Å². The number of hydrogen-bond acceptors (Lipinski definition) is 6. The Morgan fingerprint density at radius 2 is 1.25 bits per heavy atom.